The zero-order valence-corrected chi connectivity index (χ0v) is 31.7. The number of nitrogen functional groups attached to an aromatic ring is 1. The summed E-state index contributed by atoms with van der Waals surface area (Å²) in [4.78, 5) is 28.9. The minimum absolute atomic E-state index is 0.00821. The van der Waals surface area contributed by atoms with Gasteiger partial charge in [0.2, 0.25) is 11.6 Å². The number of fused-ring (bicyclic) bond motifs is 2. The van der Waals surface area contributed by atoms with Gasteiger partial charge in [0.15, 0.2) is 23.0 Å². The van der Waals surface area contributed by atoms with Crippen molar-refractivity contribution in [2.45, 2.75) is 84.0 Å². The lowest BCUT2D eigenvalue weighted by atomic mass is 9.79. The molecule has 3 aliphatic carbocycles. The predicted octanol–water partition coefficient (Wildman–Crippen LogP) is 11.7. The van der Waals surface area contributed by atoms with E-state index in [4.69, 9.17) is 15.2 Å². The van der Waals surface area contributed by atoms with Crippen LogP contribution in [0.5, 0.6) is 34.5 Å². The topological polar surface area (TPSA) is 131 Å². The molecule has 0 aliphatic heterocycles. The second-order valence-electron chi connectivity index (χ2n) is 16.0. The van der Waals surface area contributed by atoms with Crippen molar-refractivity contribution in [1.82, 2.24) is 0 Å². The Kier molecular flexibility index (Phi) is 9.76. The Labute approximate surface area is 322 Å². The number of carbonyl (C=O) groups excluding carboxylic acids is 2. The molecule has 282 valence electrons. The first kappa shape index (κ1) is 36.2. The van der Waals surface area contributed by atoms with E-state index in [0.717, 1.165) is 43.1 Å². The highest BCUT2D eigenvalue weighted by molar-refractivity contribution is 6.34. The molecule has 0 unspecified atom stereocenters. The molecule has 8 heteroatoms. The van der Waals surface area contributed by atoms with Gasteiger partial charge in [-0.05, 0) is 104 Å². The number of hydrogen-bond acceptors (Lipinski definition) is 8. The first-order valence-corrected chi connectivity index (χ1v) is 19.6. The molecular formula is C47H48N2O6. The highest BCUT2D eigenvalue weighted by Crippen LogP contribution is 2.50. The maximum atomic E-state index is 14.6. The number of aromatic hydroxyl groups is 2. The van der Waals surface area contributed by atoms with Gasteiger partial charge < -0.3 is 30.7 Å². The molecule has 0 amide bonds. The number of anilines is 3. The molecule has 2 saturated carbocycles. The van der Waals surface area contributed by atoms with E-state index in [1.807, 2.05) is 67.6 Å². The van der Waals surface area contributed by atoms with Crippen molar-refractivity contribution in [3.8, 4) is 34.5 Å². The Morgan fingerprint density at radius 2 is 1.02 bits per heavy atom. The monoisotopic (exact) mass is 736 g/mol. The van der Waals surface area contributed by atoms with Gasteiger partial charge >= 0.3 is 0 Å². The summed E-state index contributed by atoms with van der Waals surface area (Å²) >= 11 is 0. The van der Waals surface area contributed by atoms with Gasteiger partial charge in [-0.1, -0.05) is 81.5 Å². The van der Waals surface area contributed by atoms with Gasteiger partial charge in [-0.15, -0.1) is 0 Å². The van der Waals surface area contributed by atoms with Gasteiger partial charge in [0, 0.05) is 23.5 Å². The maximum absolute atomic E-state index is 14.6. The Morgan fingerprint density at radius 1 is 0.582 bits per heavy atom. The Hall–Kier alpha value is -5.76. The number of nitrogens with one attached hydrogen (secondary N) is 1. The quantitative estimate of drug-likeness (QED) is 0.0897. The van der Waals surface area contributed by atoms with Crippen LogP contribution < -0.4 is 20.5 Å². The van der Waals surface area contributed by atoms with E-state index in [2.05, 4.69) is 31.3 Å². The lowest BCUT2D eigenvalue weighted by molar-refractivity contribution is 0.0974. The Bertz CT molecular complexity index is 2250. The molecule has 2 fully saturated rings. The fourth-order valence-electron chi connectivity index (χ4n) is 8.59. The van der Waals surface area contributed by atoms with Crippen LogP contribution in [0.4, 0.5) is 17.1 Å². The van der Waals surface area contributed by atoms with E-state index in [1.54, 1.807) is 0 Å². The summed E-state index contributed by atoms with van der Waals surface area (Å²) in [5, 5.41) is 26.6. The van der Waals surface area contributed by atoms with Crippen LogP contribution in [0.3, 0.4) is 0 Å². The Balaban J connectivity index is 1.13. The molecule has 5 N–H and O–H groups in total. The van der Waals surface area contributed by atoms with E-state index >= 15 is 0 Å². The first-order chi connectivity index (χ1) is 26.5. The lowest BCUT2D eigenvalue weighted by Crippen LogP contribution is -2.24. The molecule has 0 spiro atoms. The first-order valence-electron chi connectivity index (χ1n) is 19.6. The van der Waals surface area contributed by atoms with Crippen molar-refractivity contribution < 1.29 is 29.3 Å². The number of ketones is 2. The summed E-state index contributed by atoms with van der Waals surface area (Å²) in [5.74, 6) is 0.970. The molecule has 55 heavy (non-hydrogen) atoms. The molecule has 0 radical (unpaired) electrons. The molecule has 0 saturated heterocycles. The van der Waals surface area contributed by atoms with Crippen LogP contribution in [0.25, 0.3) is 0 Å². The molecular weight excluding hydrogens is 689 g/mol. The van der Waals surface area contributed by atoms with Gasteiger partial charge in [-0.25, -0.2) is 0 Å². The molecule has 3 aliphatic rings. The lowest BCUT2D eigenvalue weighted by Gasteiger charge is -2.27. The highest BCUT2D eigenvalue weighted by atomic mass is 16.5. The fourth-order valence-corrected chi connectivity index (χ4v) is 8.59. The largest absolute Gasteiger partial charge is 0.504 e. The zero-order valence-electron chi connectivity index (χ0n) is 31.7. The number of phenols is 2. The summed E-state index contributed by atoms with van der Waals surface area (Å²) in [6, 6.07) is 26.0. The third-order valence-corrected chi connectivity index (χ3v) is 12.0. The van der Waals surface area contributed by atoms with Crippen LogP contribution >= 0.6 is 0 Å². The molecule has 8 nitrogen and oxygen atoms in total. The number of nitrogens with two attached hydrogens (primary N) is 1. The zero-order chi connectivity index (χ0) is 38.4. The predicted molar refractivity (Wildman–Crippen MR) is 216 cm³/mol. The second-order valence-corrected chi connectivity index (χ2v) is 16.0. The standard InChI is InChI=1S/C47H48N2O6/c1-26-4-10-29(11-5-26)31-14-20-34(21-15-31)54-38-24-36(48)40-42(44(38)50)47(53)41-37(49-33-18-8-28(3)9-19-33)25-39(45(51)43(41)46(40)52)55-35-22-16-32(17-23-35)30-12-6-27(2)7-13-30/h8-9,14-27,29-30,49-51H,4-7,10-13,48H2,1-3H3. The second kappa shape index (κ2) is 14.8. The normalized spacial score (nSPS) is 20.7. The average Bonchev–Trinajstić information content (AvgIpc) is 3.18. The number of phenolic OH excluding ortho intramolecular Hbond substituents is 2. The van der Waals surface area contributed by atoms with Crippen molar-refractivity contribution in [3.05, 3.63) is 124 Å². The third kappa shape index (κ3) is 7.13. The van der Waals surface area contributed by atoms with Crippen LogP contribution in [0.2, 0.25) is 0 Å². The van der Waals surface area contributed by atoms with E-state index in [-0.39, 0.29) is 45.1 Å². The van der Waals surface area contributed by atoms with Crippen LogP contribution in [0.15, 0.2) is 84.9 Å². The summed E-state index contributed by atoms with van der Waals surface area (Å²) < 4.78 is 12.3. The fraction of sp³-hybridized carbons (Fsp3) is 0.319. The van der Waals surface area contributed by atoms with Crippen LogP contribution in [-0.4, -0.2) is 21.8 Å². The number of ether oxygens (including phenoxy) is 2. The van der Waals surface area contributed by atoms with Crippen molar-refractivity contribution in [3.63, 3.8) is 0 Å². The third-order valence-electron chi connectivity index (χ3n) is 12.0. The highest BCUT2D eigenvalue weighted by Gasteiger charge is 2.40. The van der Waals surface area contributed by atoms with Gasteiger partial charge in [0.1, 0.15) is 11.5 Å². The molecule has 0 heterocycles. The van der Waals surface area contributed by atoms with Gasteiger partial charge in [-0.2, -0.15) is 0 Å². The number of rotatable bonds is 8. The van der Waals surface area contributed by atoms with Crippen molar-refractivity contribution in [2.75, 3.05) is 11.1 Å². The molecule has 5 aromatic carbocycles. The van der Waals surface area contributed by atoms with Crippen molar-refractivity contribution in [2.24, 2.45) is 11.8 Å². The SMILES string of the molecule is Cc1ccc(Nc2cc(Oc3ccc(C4CCC(C)CC4)cc3)c(O)c3c2C(=O)c2c(O)c(Oc4ccc(C5CCC(C)CC5)cc4)cc(N)c2C3=O)cc1. The van der Waals surface area contributed by atoms with Gasteiger partial charge in [0.25, 0.3) is 0 Å². The minimum Gasteiger partial charge on any atom is -0.504 e. The van der Waals surface area contributed by atoms with Crippen LogP contribution in [0, 0.1) is 18.8 Å². The van der Waals surface area contributed by atoms with Crippen molar-refractivity contribution >= 4 is 28.6 Å². The van der Waals surface area contributed by atoms with E-state index in [1.165, 1.54) is 48.9 Å². The summed E-state index contributed by atoms with van der Waals surface area (Å²) in [7, 11) is 0. The van der Waals surface area contributed by atoms with Gasteiger partial charge in [0.05, 0.1) is 27.9 Å². The summed E-state index contributed by atoms with van der Waals surface area (Å²) in [6.45, 7) is 6.57. The number of carbonyl (C=O) groups is 2. The average molecular weight is 737 g/mol. The van der Waals surface area contributed by atoms with E-state index < -0.39 is 23.1 Å². The molecule has 0 bridgehead atoms. The van der Waals surface area contributed by atoms with Crippen LogP contribution in [-0.2, 0) is 0 Å². The molecule has 5 aromatic rings. The minimum atomic E-state index is -0.716. The van der Waals surface area contributed by atoms with E-state index in [9.17, 15) is 19.8 Å². The summed E-state index contributed by atoms with van der Waals surface area (Å²) in [6.07, 6.45) is 9.45. The molecule has 0 atom stereocenters. The van der Waals surface area contributed by atoms with Crippen molar-refractivity contribution in [1.29, 1.82) is 0 Å². The molecule has 0 aromatic heterocycles. The Morgan fingerprint density at radius 3 is 1.51 bits per heavy atom. The smallest absolute Gasteiger partial charge is 0.200 e. The maximum Gasteiger partial charge on any atom is 0.200 e. The van der Waals surface area contributed by atoms with E-state index in [0.29, 0.717) is 29.0 Å². The van der Waals surface area contributed by atoms with Gasteiger partial charge in [-0.3, -0.25) is 9.59 Å². The number of benzene rings is 5. The number of aryl methyl sites for hydroxylation is 1. The van der Waals surface area contributed by atoms with Crippen LogP contribution in [0.1, 0.15) is 126 Å². The molecule has 8 rings (SSSR count). The summed E-state index contributed by atoms with van der Waals surface area (Å²) in [5.41, 5.74) is 9.97. The number of hydrogen-bond donors (Lipinski definition) is 4.